The normalized spacial score (nSPS) is 9.12. The van der Waals surface area contributed by atoms with Crippen LogP contribution < -0.4 is 5.56 Å². The van der Waals surface area contributed by atoms with Crippen molar-refractivity contribution in [3.05, 3.63) is 22.9 Å². The lowest BCUT2D eigenvalue weighted by Gasteiger charge is -1.87. The fourth-order valence-electron chi connectivity index (χ4n) is 0.345. The highest BCUT2D eigenvalue weighted by molar-refractivity contribution is 4.67. The Morgan fingerprint density at radius 3 is 2.88 bits per heavy atom. The van der Waals surface area contributed by atoms with E-state index in [1.54, 1.807) is 7.05 Å². The van der Waals surface area contributed by atoms with Crippen LogP contribution in [0.4, 0.5) is 0 Å². The third-order valence-electron chi connectivity index (χ3n) is 0.795. The first-order valence-electron chi connectivity index (χ1n) is 2.14. The minimum Gasteiger partial charge on any atom is -0.266 e. The highest BCUT2D eigenvalue weighted by Gasteiger charge is 1.82. The van der Waals surface area contributed by atoms with Crippen LogP contribution >= 0.6 is 0 Å². The summed E-state index contributed by atoms with van der Waals surface area (Å²) in [6.07, 6.45) is 2.54. The smallest absolute Gasteiger partial charge is 0.266 e. The molecule has 0 aliphatic heterocycles. The third-order valence-corrected chi connectivity index (χ3v) is 0.795. The average Bonchev–Trinajstić information content (AvgIpc) is 1.77. The van der Waals surface area contributed by atoms with Gasteiger partial charge in [-0.25, -0.2) is 9.67 Å². The van der Waals surface area contributed by atoms with E-state index in [-0.39, 0.29) is 5.56 Å². The van der Waals surface area contributed by atoms with Crippen LogP contribution in [0.5, 0.6) is 0 Å². The van der Waals surface area contributed by atoms with Gasteiger partial charge in [-0.2, -0.15) is 5.10 Å². The molecular weight excluding hydrogens is 106 g/mol. The summed E-state index contributed by atoms with van der Waals surface area (Å²) in [6, 6.07) is 0. The fourth-order valence-corrected chi connectivity index (χ4v) is 0.345. The fraction of sp³-hybridized carbons (Fsp3) is 0.250. The van der Waals surface area contributed by atoms with E-state index in [4.69, 9.17) is 0 Å². The van der Waals surface area contributed by atoms with E-state index in [1.165, 1.54) is 17.2 Å². The Morgan fingerprint density at radius 2 is 2.50 bits per heavy atom. The number of aromatic nitrogens is 3. The molecule has 0 aromatic carbocycles. The van der Waals surface area contributed by atoms with Crippen LogP contribution in [0.25, 0.3) is 0 Å². The molecule has 0 N–H and O–H groups in total. The van der Waals surface area contributed by atoms with Crippen LogP contribution in [0, 0.1) is 0 Å². The Kier molecular flexibility index (Phi) is 1.07. The van der Waals surface area contributed by atoms with Gasteiger partial charge < -0.3 is 0 Å². The second-order valence-electron chi connectivity index (χ2n) is 1.37. The van der Waals surface area contributed by atoms with Crippen LogP contribution in [0.3, 0.4) is 0 Å². The van der Waals surface area contributed by atoms with Crippen LogP contribution in [-0.2, 0) is 7.05 Å². The molecule has 1 heterocycles. The molecule has 8 heavy (non-hydrogen) atoms. The molecule has 0 fully saturated rings. The zero-order chi connectivity index (χ0) is 5.98. The zero-order valence-electron chi connectivity index (χ0n) is 4.40. The summed E-state index contributed by atoms with van der Waals surface area (Å²) < 4.78 is 1.22. The van der Waals surface area contributed by atoms with E-state index in [0.29, 0.717) is 0 Å². The summed E-state index contributed by atoms with van der Waals surface area (Å²) in [6.45, 7) is 0. The van der Waals surface area contributed by atoms with Gasteiger partial charge in [0.2, 0.25) is 0 Å². The van der Waals surface area contributed by atoms with Crippen molar-refractivity contribution >= 4 is 0 Å². The molecular formula is C4H5N3O. The molecule has 0 amide bonds. The monoisotopic (exact) mass is 111 g/mol. The summed E-state index contributed by atoms with van der Waals surface area (Å²) >= 11 is 0. The predicted molar refractivity (Wildman–Crippen MR) is 27.3 cm³/mol. The number of hydrogen-bond acceptors (Lipinski definition) is 3. The second kappa shape index (κ2) is 1.73. The second-order valence-corrected chi connectivity index (χ2v) is 1.37. The molecule has 0 saturated heterocycles. The minimum atomic E-state index is -0.187. The van der Waals surface area contributed by atoms with Crippen LogP contribution in [0.15, 0.2) is 17.3 Å². The van der Waals surface area contributed by atoms with Crippen molar-refractivity contribution < 1.29 is 0 Å². The summed E-state index contributed by atoms with van der Waals surface area (Å²) in [5.74, 6) is 0. The Labute approximate surface area is 45.8 Å². The van der Waals surface area contributed by atoms with Gasteiger partial charge in [0, 0.05) is 7.05 Å². The van der Waals surface area contributed by atoms with E-state index >= 15 is 0 Å². The van der Waals surface area contributed by atoms with Crippen molar-refractivity contribution in [2.75, 3.05) is 0 Å². The summed E-state index contributed by atoms with van der Waals surface area (Å²) in [7, 11) is 1.57. The van der Waals surface area contributed by atoms with Gasteiger partial charge in [0.05, 0.1) is 6.20 Å². The highest BCUT2D eigenvalue weighted by Crippen LogP contribution is 1.57. The molecule has 0 unspecified atom stereocenters. The lowest BCUT2D eigenvalue weighted by atomic mass is 10.8. The van der Waals surface area contributed by atoms with Crippen molar-refractivity contribution in [2.24, 2.45) is 7.05 Å². The maximum Gasteiger partial charge on any atom is 0.284 e. The molecule has 4 nitrogen and oxygen atoms in total. The van der Waals surface area contributed by atoms with Gasteiger partial charge in [-0.15, -0.1) is 0 Å². The quantitative estimate of drug-likeness (QED) is 0.439. The molecule has 0 aliphatic rings. The molecule has 1 aromatic rings. The maximum absolute atomic E-state index is 10.5. The van der Waals surface area contributed by atoms with Gasteiger partial charge in [-0.3, -0.25) is 4.79 Å². The van der Waals surface area contributed by atoms with Gasteiger partial charge in [0.1, 0.15) is 6.33 Å². The molecule has 42 valence electrons. The van der Waals surface area contributed by atoms with Gasteiger partial charge >= 0.3 is 0 Å². The Balaban J connectivity index is 3.35. The van der Waals surface area contributed by atoms with Crippen molar-refractivity contribution in [2.45, 2.75) is 0 Å². The molecule has 0 atom stereocenters. The SMILES string of the molecule is Cn1ncncc1=O. The minimum absolute atomic E-state index is 0.187. The van der Waals surface area contributed by atoms with Gasteiger partial charge in [-0.1, -0.05) is 0 Å². The first kappa shape index (κ1) is 4.96. The standard InChI is InChI=1S/C4H5N3O/c1-7-4(8)2-5-3-6-7/h2-3H,1H3. The molecule has 1 rings (SSSR count). The van der Waals surface area contributed by atoms with E-state index in [1.807, 2.05) is 0 Å². The van der Waals surface area contributed by atoms with E-state index in [9.17, 15) is 4.79 Å². The van der Waals surface area contributed by atoms with E-state index < -0.39 is 0 Å². The lowest BCUT2D eigenvalue weighted by molar-refractivity contribution is 0.688. The van der Waals surface area contributed by atoms with Gasteiger partial charge in [0.25, 0.3) is 5.56 Å². The molecule has 0 spiro atoms. The van der Waals surface area contributed by atoms with E-state index in [0.717, 1.165) is 0 Å². The molecule has 0 radical (unpaired) electrons. The highest BCUT2D eigenvalue weighted by atomic mass is 16.1. The van der Waals surface area contributed by atoms with Crippen LogP contribution in [0.2, 0.25) is 0 Å². The number of aryl methyl sites for hydroxylation is 1. The zero-order valence-corrected chi connectivity index (χ0v) is 4.40. The average molecular weight is 111 g/mol. The van der Waals surface area contributed by atoms with Crippen LogP contribution in [0.1, 0.15) is 0 Å². The number of rotatable bonds is 0. The Bertz CT molecular complexity index is 229. The van der Waals surface area contributed by atoms with Crippen molar-refractivity contribution in [1.29, 1.82) is 0 Å². The molecule has 0 saturated carbocycles. The molecule has 0 aliphatic carbocycles. The number of nitrogens with zero attached hydrogens (tertiary/aromatic N) is 3. The topological polar surface area (TPSA) is 47.8 Å². The number of hydrogen-bond donors (Lipinski definition) is 0. The molecule has 0 bridgehead atoms. The Morgan fingerprint density at radius 1 is 1.75 bits per heavy atom. The van der Waals surface area contributed by atoms with Crippen LogP contribution in [-0.4, -0.2) is 14.8 Å². The lowest BCUT2D eigenvalue weighted by Crippen LogP contribution is -2.17. The van der Waals surface area contributed by atoms with Gasteiger partial charge in [0.15, 0.2) is 0 Å². The predicted octanol–water partition coefficient (Wildman–Crippen LogP) is -0.825. The van der Waals surface area contributed by atoms with Crippen molar-refractivity contribution in [3.63, 3.8) is 0 Å². The summed E-state index contributed by atoms with van der Waals surface area (Å²) in [4.78, 5) is 14.0. The van der Waals surface area contributed by atoms with Crippen molar-refractivity contribution in [1.82, 2.24) is 14.8 Å². The maximum atomic E-state index is 10.5. The van der Waals surface area contributed by atoms with Gasteiger partial charge in [-0.05, 0) is 0 Å². The van der Waals surface area contributed by atoms with E-state index in [2.05, 4.69) is 10.1 Å². The van der Waals surface area contributed by atoms with Crippen molar-refractivity contribution in [3.8, 4) is 0 Å². The summed E-state index contributed by atoms with van der Waals surface area (Å²) in [5, 5.41) is 3.57. The first-order chi connectivity index (χ1) is 3.80. The first-order valence-corrected chi connectivity index (χ1v) is 2.14. The largest absolute Gasteiger partial charge is 0.284 e. The molecule has 4 heteroatoms. The summed E-state index contributed by atoms with van der Waals surface area (Å²) in [5.41, 5.74) is -0.187. The molecule has 1 aromatic heterocycles. The Hall–Kier alpha value is -1.19. The third kappa shape index (κ3) is 0.726.